The first-order chi connectivity index (χ1) is 11.9. The first-order valence-corrected chi connectivity index (χ1v) is 7.79. The number of carbonyl (C=O) groups is 1. The van der Waals surface area contributed by atoms with Crippen LogP contribution in [0.25, 0.3) is 6.08 Å². The Hall–Kier alpha value is -2.60. The van der Waals surface area contributed by atoms with Crippen LogP contribution in [0.2, 0.25) is 0 Å². The first-order valence-electron chi connectivity index (χ1n) is 7.79. The molecule has 0 aromatic heterocycles. The number of alkyl halides is 3. The molecule has 1 fully saturated rings. The molecule has 1 saturated heterocycles. The van der Waals surface area contributed by atoms with Gasteiger partial charge in [-0.1, -0.05) is 48.5 Å². The zero-order valence-corrected chi connectivity index (χ0v) is 13.2. The molecule has 1 N–H and O–H groups in total. The Morgan fingerprint density at radius 3 is 2.36 bits per heavy atom. The lowest BCUT2D eigenvalue weighted by atomic mass is 10.1. The second-order valence-electron chi connectivity index (χ2n) is 5.79. The van der Waals surface area contributed by atoms with E-state index in [1.807, 2.05) is 30.3 Å². The van der Waals surface area contributed by atoms with Crippen LogP contribution in [0.4, 0.5) is 18.9 Å². The monoisotopic (exact) mass is 347 g/mol. The third-order valence-electron chi connectivity index (χ3n) is 4.10. The Kier molecular flexibility index (Phi) is 4.63. The molecule has 130 valence electrons. The van der Waals surface area contributed by atoms with E-state index in [-0.39, 0.29) is 23.7 Å². The molecule has 0 bridgehead atoms. The van der Waals surface area contributed by atoms with Crippen LogP contribution in [0.3, 0.4) is 0 Å². The molecule has 2 aromatic carbocycles. The quantitative estimate of drug-likeness (QED) is 0.849. The fraction of sp³-hybridized carbons (Fsp3) is 0.211. The van der Waals surface area contributed by atoms with Crippen molar-refractivity contribution >= 4 is 17.7 Å². The molecule has 0 aliphatic carbocycles. The normalized spacial score (nSPS) is 18.0. The Morgan fingerprint density at radius 2 is 1.68 bits per heavy atom. The Morgan fingerprint density at radius 1 is 1.04 bits per heavy atom. The van der Waals surface area contributed by atoms with E-state index in [1.54, 1.807) is 12.1 Å². The predicted molar refractivity (Wildman–Crippen MR) is 88.8 cm³/mol. The maximum Gasteiger partial charge on any atom is 0.418 e. The van der Waals surface area contributed by atoms with Gasteiger partial charge in [0.25, 0.3) is 5.91 Å². The fourth-order valence-corrected chi connectivity index (χ4v) is 2.87. The van der Waals surface area contributed by atoms with Gasteiger partial charge in [-0.05, 0) is 24.1 Å². The molecule has 1 unspecified atom stereocenters. The smallest absolute Gasteiger partial charge is 0.379 e. The summed E-state index contributed by atoms with van der Waals surface area (Å²) in [6.07, 6.45) is -5.24. The van der Waals surface area contributed by atoms with Gasteiger partial charge in [-0.25, -0.2) is 0 Å². The van der Waals surface area contributed by atoms with Crippen LogP contribution in [-0.4, -0.2) is 23.7 Å². The van der Waals surface area contributed by atoms with Crippen LogP contribution < -0.4 is 4.90 Å². The number of nitrogens with zero attached hydrogens (tertiary/aromatic N) is 1. The number of aliphatic hydroxyl groups excluding tert-OH is 1. The summed E-state index contributed by atoms with van der Waals surface area (Å²) in [4.78, 5) is 13.9. The van der Waals surface area contributed by atoms with Crippen molar-refractivity contribution in [2.45, 2.75) is 18.7 Å². The summed E-state index contributed by atoms with van der Waals surface area (Å²) in [5.74, 6) is -0.342. The number of benzene rings is 2. The van der Waals surface area contributed by atoms with Crippen LogP contribution in [-0.2, 0) is 4.79 Å². The van der Waals surface area contributed by atoms with Crippen molar-refractivity contribution in [1.82, 2.24) is 0 Å². The molecule has 1 heterocycles. The van der Waals surface area contributed by atoms with Gasteiger partial charge in [0.1, 0.15) is 0 Å². The standard InChI is InChI=1S/C19H16F3NO2/c20-19(21,22)17(24)15-8-4-5-9-16(15)23-11-10-14(18(23)25)12-13-6-2-1-3-7-13/h1-9,12,17,24H,10-11H2/b14-12+. The highest BCUT2D eigenvalue weighted by atomic mass is 19.4. The van der Waals surface area contributed by atoms with Crippen molar-refractivity contribution in [3.8, 4) is 0 Å². The molecule has 0 spiro atoms. The van der Waals surface area contributed by atoms with Crippen LogP contribution in [0.5, 0.6) is 0 Å². The van der Waals surface area contributed by atoms with Crippen LogP contribution >= 0.6 is 0 Å². The lowest BCUT2D eigenvalue weighted by Crippen LogP contribution is -2.28. The van der Waals surface area contributed by atoms with E-state index in [0.717, 1.165) is 5.56 Å². The maximum absolute atomic E-state index is 12.9. The third kappa shape index (κ3) is 3.58. The fourth-order valence-electron chi connectivity index (χ4n) is 2.87. The summed E-state index contributed by atoms with van der Waals surface area (Å²) >= 11 is 0. The summed E-state index contributed by atoms with van der Waals surface area (Å²) in [5.41, 5.74) is 1.16. The van der Waals surface area contributed by atoms with E-state index in [2.05, 4.69) is 0 Å². The summed E-state index contributed by atoms with van der Waals surface area (Å²) in [5, 5.41) is 9.61. The number of hydrogen-bond donors (Lipinski definition) is 1. The lowest BCUT2D eigenvalue weighted by Gasteiger charge is -2.23. The molecule has 0 radical (unpaired) electrons. The van der Waals surface area contributed by atoms with E-state index in [4.69, 9.17) is 0 Å². The number of halogens is 3. The number of amides is 1. The second kappa shape index (κ2) is 6.72. The molecule has 6 heteroatoms. The molecule has 0 saturated carbocycles. The van der Waals surface area contributed by atoms with Crippen molar-refractivity contribution in [2.24, 2.45) is 0 Å². The minimum Gasteiger partial charge on any atom is -0.379 e. The largest absolute Gasteiger partial charge is 0.418 e. The van der Waals surface area contributed by atoms with Crippen molar-refractivity contribution in [1.29, 1.82) is 0 Å². The molecule has 1 aliphatic rings. The van der Waals surface area contributed by atoms with Gasteiger partial charge in [0.2, 0.25) is 0 Å². The molecule has 1 atom stereocenters. The van der Waals surface area contributed by atoms with Crippen LogP contribution in [0, 0.1) is 0 Å². The van der Waals surface area contributed by atoms with Gasteiger partial charge in [-0.2, -0.15) is 13.2 Å². The molecule has 1 amide bonds. The Balaban J connectivity index is 1.92. The molecule has 1 aliphatic heterocycles. The number of para-hydroxylation sites is 1. The predicted octanol–water partition coefficient (Wildman–Crippen LogP) is 4.10. The van der Waals surface area contributed by atoms with Crippen molar-refractivity contribution in [2.75, 3.05) is 11.4 Å². The highest BCUT2D eigenvalue weighted by Crippen LogP contribution is 2.39. The van der Waals surface area contributed by atoms with Gasteiger partial charge in [0, 0.05) is 17.7 Å². The van der Waals surface area contributed by atoms with Gasteiger partial charge in [-0.15, -0.1) is 0 Å². The van der Waals surface area contributed by atoms with Gasteiger partial charge in [0.15, 0.2) is 6.10 Å². The molecule has 3 rings (SSSR count). The van der Waals surface area contributed by atoms with Crippen LogP contribution in [0.1, 0.15) is 23.7 Å². The average molecular weight is 347 g/mol. The molecule has 3 nitrogen and oxygen atoms in total. The SMILES string of the molecule is O=C1/C(=C/c2ccccc2)CCN1c1ccccc1C(O)C(F)(F)F. The molecular formula is C19H16F3NO2. The number of rotatable bonds is 3. The molecule has 25 heavy (non-hydrogen) atoms. The summed E-state index contributed by atoms with van der Waals surface area (Å²) < 4.78 is 38.7. The van der Waals surface area contributed by atoms with Crippen LogP contribution in [0.15, 0.2) is 60.2 Å². The average Bonchev–Trinajstić information content (AvgIpc) is 2.95. The number of hydrogen-bond acceptors (Lipinski definition) is 2. The van der Waals surface area contributed by atoms with Gasteiger partial charge < -0.3 is 10.0 Å². The van der Waals surface area contributed by atoms with Crippen molar-refractivity contribution in [3.63, 3.8) is 0 Å². The number of aliphatic hydroxyl groups is 1. The molecule has 2 aromatic rings. The first kappa shape index (κ1) is 17.2. The lowest BCUT2D eigenvalue weighted by molar-refractivity contribution is -0.206. The van der Waals surface area contributed by atoms with E-state index < -0.39 is 12.3 Å². The maximum atomic E-state index is 12.9. The minimum absolute atomic E-state index is 0.0915. The summed E-state index contributed by atoms with van der Waals surface area (Å²) in [7, 11) is 0. The highest BCUT2D eigenvalue weighted by Gasteiger charge is 2.42. The van der Waals surface area contributed by atoms with E-state index in [9.17, 15) is 23.1 Å². The van der Waals surface area contributed by atoms with E-state index in [1.165, 1.54) is 23.1 Å². The highest BCUT2D eigenvalue weighted by molar-refractivity contribution is 6.11. The summed E-state index contributed by atoms with van der Waals surface area (Å²) in [6.45, 7) is 0.277. The zero-order valence-electron chi connectivity index (χ0n) is 13.2. The Bertz CT molecular complexity index is 800. The topological polar surface area (TPSA) is 40.5 Å². The molecular weight excluding hydrogens is 331 g/mol. The van der Waals surface area contributed by atoms with Crippen molar-refractivity contribution in [3.05, 3.63) is 71.3 Å². The number of anilines is 1. The number of carbonyl (C=O) groups excluding carboxylic acids is 1. The summed E-state index contributed by atoms with van der Waals surface area (Å²) in [6, 6.07) is 14.8. The second-order valence-corrected chi connectivity index (χ2v) is 5.79. The van der Waals surface area contributed by atoms with Gasteiger partial charge >= 0.3 is 6.18 Å². The van der Waals surface area contributed by atoms with Crippen molar-refractivity contribution < 1.29 is 23.1 Å². The van der Waals surface area contributed by atoms with Gasteiger partial charge in [0.05, 0.1) is 5.69 Å². The van der Waals surface area contributed by atoms with E-state index >= 15 is 0 Å². The minimum atomic E-state index is -4.79. The zero-order chi connectivity index (χ0) is 18.0. The van der Waals surface area contributed by atoms with E-state index in [0.29, 0.717) is 12.0 Å². The Labute approximate surface area is 143 Å². The van der Waals surface area contributed by atoms with Gasteiger partial charge in [-0.3, -0.25) is 4.79 Å². The third-order valence-corrected chi connectivity index (χ3v) is 4.10.